The van der Waals surface area contributed by atoms with Crippen LogP contribution >= 0.6 is 11.3 Å². The molecule has 1 aromatic carbocycles. The van der Waals surface area contributed by atoms with Crippen LogP contribution in [0, 0.1) is 5.82 Å². The summed E-state index contributed by atoms with van der Waals surface area (Å²) in [5.41, 5.74) is 0.261. The molecule has 1 aromatic heterocycles. The highest BCUT2D eigenvalue weighted by Crippen LogP contribution is 2.14. The first-order valence-electron chi connectivity index (χ1n) is 8.74. The summed E-state index contributed by atoms with van der Waals surface area (Å²) in [6, 6.07) is 9.63. The maximum atomic E-state index is 13.5. The molecule has 0 unspecified atom stereocenters. The van der Waals surface area contributed by atoms with Crippen molar-refractivity contribution in [2.24, 2.45) is 0 Å². The molecule has 2 aromatic rings. The van der Waals surface area contributed by atoms with Gasteiger partial charge in [-0.25, -0.2) is 9.18 Å². The molecule has 0 spiro atoms. The summed E-state index contributed by atoms with van der Waals surface area (Å²) >= 11 is 1.39. The standard InChI is InChI=1S/C20H19FN2O4S/c21-16-5-2-1-4-15(16)7-8-19(25)27-14-18(24)22-9-11-23(12-10-22)20(26)17-6-3-13-28-17/h1-8,13H,9-12,14H2/b8-7+. The zero-order chi connectivity index (χ0) is 19.9. The zero-order valence-corrected chi connectivity index (χ0v) is 15.9. The first kappa shape index (κ1) is 19.8. The van der Waals surface area contributed by atoms with Gasteiger partial charge in [0.25, 0.3) is 11.8 Å². The second-order valence-electron chi connectivity index (χ2n) is 6.11. The third-order valence-corrected chi connectivity index (χ3v) is 5.15. The summed E-state index contributed by atoms with van der Waals surface area (Å²) < 4.78 is 18.4. The van der Waals surface area contributed by atoms with Gasteiger partial charge in [-0.15, -0.1) is 11.3 Å². The van der Waals surface area contributed by atoms with Crippen LogP contribution in [0.4, 0.5) is 4.39 Å². The van der Waals surface area contributed by atoms with Crippen molar-refractivity contribution in [3.8, 4) is 0 Å². The number of benzene rings is 1. The molecule has 146 valence electrons. The number of rotatable bonds is 5. The van der Waals surface area contributed by atoms with Gasteiger partial charge in [0, 0.05) is 37.8 Å². The van der Waals surface area contributed by atoms with Crippen LogP contribution in [0.15, 0.2) is 47.9 Å². The first-order valence-corrected chi connectivity index (χ1v) is 9.62. The number of ether oxygens (including phenoxy) is 1. The van der Waals surface area contributed by atoms with E-state index in [1.165, 1.54) is 29.5 Å². The third kappa shape index (κ3) is 5.04. The van der Waals surface area contributed by atoms with Crippen LogP contribution in [-0.2, 0) is 14.3 Å². The van der Waals surface area contributed by atoms with E-state index in [4.69, 9.17) is 4.74 Å². The Morgan fingerprint density at radius 2 is 1.75 bits per heavy atom. The maximum Gasteiger partial charge on any atom is 0.331 e. The maximum absolute atomic E-state index is 13.5. The van der Waals surface area contributed by atoms with Crippen LogP contribution in [0.3, 0.4) is 0 Å². The van der Waals surface area contributed by atoms with E-state index in [-0.39, 0.29) is 24.0 Å². The lowest BCUT2D eigenvalue weighted by Crippen LogP contribution is -2.51. The molecule has 1 fully saturated rings. The van der Waals surface area contributed by atoms with E-state index < -0.39 is 11.8 Å². The van der Waals surface area contributed by atoms with Crippen LogP contribution in [0.1, 0.15) is 15.2 Å². The number of piperazine rings is 1. The quantitative estimate of drug-likeness (QED) is 0.569. The number of hydrogen-bond acceptors (Lipinski definition) is 5. The molecule has 1 saturated heterocycles. The highest BCUT2D eigenvalue weighted by Gasteiger charge is 2.25. The third-order valence-electron chi connectivity index (χ3n) is 4.29. The van der Waals surface area contributed by atoms with Gasteiger partial charge >= 0.3 is 5.97 Å². The van der Waals surface area contributed by atoms with Crippen molar-refractivity contribution in [1.82, 2.24) is 9.80 Å². The van der Waals surface area contributed by atoms with Gasteiger partial charge in [-0.3, -0.25) is 9.59 Å². The SMILES string of the molecule is O=C(/C=C/c1ccccc1F)OCC(=O)N1CCN(C(=O)c2cccs2)CC1. The van der Waals surface area contributed by atoms with Crippen LogP contribution in [0.25, 0.3) is 6.08 Å². The Kier molecular flexibility index (Phi) is 6.54. The molecule has 6 nitrogen and oxygen atoms in total. The van der Waals surface area contributed by atoms with Gasteiger partial charge in [-0.2, -0.15) is 0 Å². The summed E-state index contributed by atoms with van der Waals surface area (Å²) in [4.78, 5) is 40.2. The molecule has 0 aliphatic carbocycles. The number of thiophene rings is 1. The smallest absolute Gasteiger partial charge is 0.331 e. The van der Waals surface area contributed by atoms with E-state index in [0.717, 1.165) is 6.08 Å². The first-order chi connectivity index (χ1) is 13.5. The fraction of sp³-hybridized carbons (Fsp3) is 0.250. The molecule has 28 heavy (non-hydrogen) atoms. The average Bonchev–Trinajstić information content (AvgIpc) is 3.26. The van der Waals surface area contributed by atoms with Crippen molar-refractivity contribution in [2.75, 3.05) is 32.8 Å². The van der Waals surface area contributed by atoms with E-state index in [2.05, 4.69) is 0 Å². The Bertz CT molecular complexity index is 874. The summed E-state index contributed by atoms with van der Waals surface area (Å²) in [7, 11) is 0. The largest absolute Gasteiger partial charge is 0.452 e. The second-order valence-corrected chi connectivity index (χ2v) is 7.06. The molecule has 0 radical (unpaired) electrons. The molecule has 8 heteroatoms. The molecule has 0 N–H and O–H groups in total. The molecule has 0 atom stereocenters. The lowest BCUT2D eigenvalue weighted by molar-refractivity contribution is -0.148. The number of nitrogens with zero attached hydrogens (tertiary/aromatic N) is 2. The van der Waals surface area contributed by atoms with E-state index in [1.54, 1.807) is 28.0 Å². The summed E-state index contributed by atoms with van der Waals surface area (Å²) in [5, 5.41) is 1.85. The molecular weight excluding hydrogens is 383 g/mol. The lowest BCUT2D eigenvalue weighted by Gasteiger charge is -2.34. The highest BCUT2D eigenvalue weighted by molar-refractivity contribution is 7.12. The van der Waals surface area contributed by atoms with Gasteiger partial charge in [0.05, 0.1) is 4.88 Å². The van der Waals surface area contributed by atoms with Crippen molar-refractivity contribution < 1.29 is 23.5 Å². The number of halogens is 1. The van der Waals surface area contributed by atoms with Gasteiger partial charge in [0.15, 0.2) is 6.61 Å². The summed E-state index contributed by atoms with van der Waals surface area (Å²) in [5.74, 6) is -1.52. The van der Waals surface area contributed by atoms with Crippen LogP contribution < -0.4 is 0 Å². The molecule has 0 bridgehead atoms. The van der Waals surface area contributed by atoms with Crippen molar-refractivity contribution in [1.29, 1.82) is 0 Å². The predicted octanol–water partition coefficient (Wildman–Crippen LogP) is 2.43. The average molecular weight is 402 g/mol. The Morgan fingerprint density at radius 1 is 1.04 bits per heavy atom. The number of amides is 2. The van der Waals surface area contributed by atoms with Crippen molar-refractivity contribution in [3.05, 3.63) is 64.1 Å². The van der Waals surface area contributed by atoms with E-state index in [9.17, 15) is 18.8 Å². The monoisotopic (exact) mass is 402 g/mol. The Balaban J connectivity index is 1.42. The second kappa shape index (κ2) is 9.27. The normalized spacial score (nSPS) is 14.3. The minimum atomic E-state index is -0.719. The molecule has 2 heterocycles. The van der Waals surface area contributed by atoms with Crippen molar-refractivity contribution in [3.63, 3.8) is 0 Å². The molecule has 0 saturated carbocycles. The number of esters is 1. The molecule has 1 aliphatic rings. The number of hydrogen-bond donors (Lipinski definition) is 0. The van der Waals surface area contributed by atoms with Crippen LogP contribution in [0.5, 0.6) is 0 Å². The zero-order valence-electron chi connectivity index (χ0n) is 15.0. The van der Waals surface area contributed by atoms with Gasteiger partial charge in [-0.05, 0) is 23.6 Å². The number of carbonyl (C=O) groups excluding carboxylic acids is 3. The highest BCUT2D eigenvalue weighted by atomic mass is 32.1. The molecular formula is C20H19FN2O4S. The summed E-state index contributed by atoms with van der Waals surface area (Å²) in [6.45, 7) is 1.25. The predicted molar refractivity (Wildman–Crippen MR) is 103 cm³/mol. The van der Waals surface area contributed by atoms with Gasteiger partial charge in [0.1, 0.15) is 5.82 Å². The summed E-state index contributed by atoms with van der Waals surface area (Å²) in [6.07, 6.45) is 2.39. The fourth-order valence-electron chi connectivity index (χ4n) is 2.76. The Morgan fingerprint density at radius 3 is 2.43 bits per heavy atom. The Hall–Kier alpha value is -3.00. The topological polar surface area (TPSA) is 66.9 Å². The number of carbonyl (C=O) groups is 3. The molecule has 1 aliphatic heterocycles. The molecule has 3 rings (SSSR count). The van der Waals surface area contributed by atoms with Crippen molar-refractivity contribution >= 4 is 35.2 Å². The van der Waals surface area contributed by atoms with Crippen LogP contribution in [-0.4, -0.2) is 60.4 Å². The lowest BCUT2D eigenvalue weighted by atomic mass is 10.2. The van der Waals surface area contributed by atoms with E-state index >= 15 is 0 Å². The minimum Gasteiger partial charge on any atom is -0.452 e. The minimum absolute atomic E-state index is 0.0354. The van der Waals surface area contributed by atoms with Gasteiger partial charge in [-0.1, -0.05) is 24.3 Å². The fourth-order valence-corrected chi connectivity index (χ4v) is 3.45. The Labute approximate surface area is 165 Å². The van der Waals surface area contributed by atoms with E-state index in [0.29, 0.717) is 31.1 Å². The van der Waals surface area contributed by atoms with Gasteiger partial charge in [0.2, 0.25) is 0 Å². The van der Waals surface area contributed by atoms with Crippen LogP contribution in [0.2, 0.25) is 0 Å². The van der Waals surface area contributed by atoms with Gasteiger partial charge < -0.3 is 14.5 Å². The van der Waals surface area contributed by atoms with Crippen molar-refractivity contribution in [2.45, 2.75) is 0 Å². The molecule has 2 amide bonds. The van der Waals surface area contributed by atoms with E-state index in [1.807, 2.05) is 11.4 Å².